The number of rotatable bonds is 7. The molecule has 3 rings (SSSR count). The van der Waals surface area contributed by atoms with Gasteiger partial charge in [-0.3, -0.25) is 0 Å². The highest BCUT2D eigenvalue weighted by Crippen LogP contribution is 2.39. The Bertz CT molecular complexity index is 962. The molecule has 1 heterocycles. The Labute approximate surface area is 188 Å². The number of alkyl carbamates (subject to hydrolysis) is 1. The van der Waals surface area contributed by atoms with Crippen molar-refractivity contribution in [2.75, 3.05) is 13.7 Å². The monoisotopic (exact) mass is 441 g/mol. The Balaban J connectivity index is 1.78. The number of amides is 1. The highest BCUT2D eigenvalue weighted by atomic mass is 19.1. The Kier molecular flexibility index (Phi) is 7.26. The maximum absolute atomic E-state index is 13.9. The average Bonchev–Trinajstić information content (AvgIpc) is 2.97. The SMILES string of the molecule is COc1ccc(F)cc1C=C(CNC(=O)OCc1ccccc1)B1OC(C)(C)C(C)(C)O1. The van der Waals surface area contributed by atoms with Gasteiger partial charge >= 0.3 is 13.2 Å². The average molecular weight is 441 g/mol. The zero-order valence-electron chi connectivity index (χ0n) is 19.1. The molecule has 0 aromatic heterocycles. The zero-order chi connectivity index (χ0) is 23.4. The lowest BCUT2D eigenvalue weighted by molar-refractivity contribution is 0.00578. The van der Waals surface area contributed by atoms with Gasteiger partial charge in [-0.25, -0.2) is 9.18 Å². The third-order valence-corrected chi connectivity index (χ3v) is 5.74. The second kappa shape index (κ2) is 9.75. The molecule has 0 bridgehead atoms. The fourth-order valence-corrected chi connectivity index (χ4v) is 3.16. The van der Waals surface area contributed by atoms with Crippen LogP contribution in [0, 0.1) is 5.82 Å². The molecule has 2 aromatic carbocycles. The molecule has 1 saturated heterocycles. The minimum Gasteiger partial charge on any atom is -0.496 e. The number of carbonyl (C=O) groups excluding carboxylic acids is 1. The van der Waals surface area contributed by atoms with Gasteiger partial charge in [-0.2, -0.15) is 0 Å². The number of halogens is 1. The van der Waals surface area contributed by atoms with Crippen molar-refractivity contribution in [3.8, 4) is 5.75 Å². The Morgan fingerprint density at radius 2 is 1.75 bits per heavy atom. The standard InChI is InChI=1S/C24H29BFNO5/c1-23(2)24(3,4)32-25(31-23)19(13-18-14-20(26)11-12-21(18)29-5)15-27-22(28)30-16-17-9-7-6-8-10-17/h6-14H,15-16H2,1-5H3,(H,27,28). The number of benzene rings is 2. The molecule has 6 nitrogen and oxygen atoms in total. The van der Waals surface area contributed by atoms with E-state index in [2.05, 4.69) is 5.32 Å². The third kappa shape index (κ3) is 5.69. The van der Waals surface area contributed by atoms with Gasteiger partial charge in [0.1, 0.15) is 18.2 Å². The first-order chi connectivity index (χ1) is 15.1. The topological polar surface area (TPSA) is 66.0 Å². The van der Waals surface area contributed by atoms with Crippen molar-refractivity contribution < 1.29 is 28.0 Å². The van der Waals surface area contributed by atoms with E-state index in [1.807, 2.05) is 58.0 Å². The summed E-state index contributed by atoms with van der Waals surface area (Å²) in [4.78, 5) is 12.3. The van der Waals surface area contributed by atoms with Crippen LogP contribution in [0.3, 0.4) is 0 Å². The summed E-state index contributed by atoms with van der Waals surface area (Å²) in [5.74, 6) is 0.0904. The van der Waals surface area contributed by atoms with E-state index < -0.39 is 30.2 Å². The largest absolute Gasteiger partial charge is 0.496 e. The first kappa shape index (κ1) is 23.8. The number of carbonyl (C=O) groups is 1. The highest BCUT2D eigenvalue weighted by Gasteiger charge is 2.52. The minimum atomic E-state index is -0.734. The van der Waals surface area contributed by atoms with Gasteiger partial charge in [0, 0.05) is 12.1 Å². The van der Waals surface area contributed by atoms with Gasteiger partial charge in [0.15, 0.2) is 0 Å². The predicted molar refractivity (Wildman–Crippen MR) is 122 cm³/mol. The molecule has 2 aromatic rings. The number of ether oxygens (including phenoxy) is 2. The van der Waals surface area contributed by atoms with E-state index in [0.29, 0.717) is 16.8 Å². The molecule has 8 heteroatoms. The van der Waals surface area contributed by atoms with Crippen molar-refractivity contribution in [2.45, 2.75) is 45.5 Å². The summed E-state index contributed by atoms with van der Waals surface area (Å²) >= 11 is 0. The van der Waals surface area contributed by atoms with E-state index >= 15 is 0 Å². The Hall–Kier alpha value is -2.84. The van der Waals surface area contributed by atoms with Crippen LogP contribution in [0.4, 0.5) is 9.18 Å². The second-order valence-electron chi connectivity index (χ2n) is 8.61. The van der Waals surface area contributed by atoms with Crippen LogP contribution >= 0.6 is 0 Å². The Morgan fingerprint density at radius 1 is 1.09 bits per heavy atom. The van der Waals surface area contributed by atoms with Gasteiger partial charge in [-0.1, -0.05) is 36.4 Å². The van der Waals surface area contributed by atoms with Crippen molar-refractivity contribution in [3.05, 3.63) is 70.9 Å². The van der Waals surface area contributed by atoms with Gasteiger partial charge in [0.05, 0.1) is 18.3 Å². The van der Waals surface area contributed by atoms with Crippen molar-refractivity contribution >= 4 is 19.3 Å². The number of methoxy groups -OCH3 is 1. The molecular weight excluding hydrogens is 412 g/mol. The normalized spacial score (nSPS) is 17.2. The molecule has 0 radical (unpaired) electrons. The second-order valence-corrected chi connectivity index (χ2v) is 8.61. The quantitative estimate of drug-likeness (QED) is 0.627. The lowest BCUT2D eigenvalue weighted by Crippen LogP contribution is -2.41. The third-order valence-electron chi connectivity index (χ3n) is 5.74. The minimum absolute atomic E-state index is 0.0874. The summed E-state index contributed by atoms with van der Waals surface area (Å²) < 4.78 is 36.8. The predicted octanol–water partition coefficient (Wildman–Crippen LogP) is 4.78. The first-order valence-electron chi connectivity index (χ1n) is 10.5. The summed E-state index contributed by atoms with van der Waals surface area (Å²) in [7, 11) is 0.778. The summed E-state index contributed by atoms with van der Waals surface area (Å²) in [6.45, 7) is 8.00. The van der Waals surface area contributed by atoms with E-state index in [4.69, 9.17) is 18.8 Å². The van der Waals surface area contributed by atoms with Crippen LogP contribution in [-0.4, -0.2) is 38.1 Å². The first-order valence-corrected chi connectivity index (χ1v) is 10.5. The fraction of sp³-hybridized carbons (Fsp3) is 0.375. The molecule has 1 aliphatic heterocycles. The van der Waals surface area contributed by atoms with Gasteiger partial charge in [-0.05, 0) is 56.9 Å². The number of nitrogens with one attached hydrogen (secondary N) is 1. The van der Waals surface area contributed by atoms with E-state index in [9.17, 15) is 9.18 Å². The van der Waals surface area contributed by atoms with E-state index in [1.165, 1.54) is 19.2 Å². The van der Waals surface area contributed by atoms with Gasteiger partial charge in [0.25, 0.3) is 0 Å². The highest BCUT2D eigenvalue weighted by molar-refractivity contribution is 6.56. The van der Waals surface area contributed by atoms with E-state index in [0.717, 1.165) is 5.56 Å². The number of hydrogen-bond donors (Lipinski definition) is 1. The van der Waals surface area contributed by atoms with E-state index in [1.54, 1.807) is 12.1 Å². The number of hydrogen-bond acceptors (Lipinski definition) is 5. The molecule has 0 atom stereocenters. The van der Waals surface area contributed by atoms with Crippen LogP contribution in [0.5, 0.6) is 5.75 Å². The lowest BCUT2D eigenvalue weighted by atomic mass is 9.77. The molecule has 0 unspecified atom stereocenters. The zero-order valence-corrected chi connectivity index (χ0v) is 19.1. The van der Waals surface area contributed by atoms with Gasteiger partial charge in [-0.15, -0.1) is 0 Å². The van der Waals surface area contributed by atoms with Crippen LogP contribution in [0.25, 0.3) is 6.08 Å². The maximum Gasteiger partial charge on any atom is 0.492 e. The molecular formula is C24H29BFNO5. The lowest BCUT2D eigenvalue weighted by Gasteiger charge is -2.32. The maximum atomic E-state index is 13.9. The van der Waals surface area contributed by atoms with Crippen LogP contribution in [0.1, 0.15) is 38.8 Å². The molecule has 1 amide bonds. The van der Waals surface area contributed by atoms with Crippen LogP contribution in [-0.2, 0) is 20.7 Å². The van der Waals surface area contributed by atoms with Gasteiger partial charge < -0.3 is 24.1 Å². The molecule has 32 heavy (non-hydrogen) atoms. The molecule has 0 saturated carbocycles. The summed E-state index contributed by atoms with van der Waals surface area (Å²) in [5, 5.41) is 2.73. The van der Waals surface area contributed by atoms with Crippen molar-refractivity contribution in [2.24, 2.45) is 0 Å². The van der Waals surface area contributed by atoms with Crippen molar-refractivity contribution in [1.82, 2.24) is 5.32 Å². The molecule has 170 valence electrons. The Morgan fingerprint density at radius 3 is 2.38 bits per heavy atom. The molecule has 1 aliphatic rings. The summed E-state index contributed by atoms with van der Waals surface area (Å²) in [6.07, 6.45) is 1.13. The fourth-order valence-electron chi connectivity index (χ4n) is 3.16. The smallest absolute Gasteiger partial charge is 0.492 e. The van der Waals surface area contributed by atoms with Crippen LogP contribution < -0.4 is 10.1 Å². The van der Waals surface area contributed by atoms with Crippen LogP contribution in [0.2, 0.25) is 0 Å². The van der Waals surface area contributed by atoms with Crippen molar-refractivity contribution in [3.63, 3.8) is 0 Å². The molecule has 1 N–H and O–H groups in total. The summed E-state index contributed by atoms with van der Waals surface area (Å²) in [6, 6.07) is 13.6. The van der Waals surface area contributed by atoms with Crippen LogP contribution in [0.15, 0.2) is 54.0 Å². The molecule has 1 fully saturated rings. The summed E-state index contributed by atoms with van der Waals surface area (Å²) in [5.41, 5.74) is 0.849. The molecule has 0 spiro atoms. The van der Waals surface area contributed by atoms with Gasteiger partial charge in [0.2, 0.25) is 0 Å². The van der Waals surface area contributed by atoms with E-state index in [-0.39, 0.29) is 13.2 Å². The molecule has 0 aliphatic carbocycles. The van der Waals surface area contributed by atoms with Crippen molar-refractivity contribution in [1.29, 1.82) is 0 Å².